The monoisotopic (exact) mass is 438 g/mol. The number of rotatable bonds is 5. The summed E-state index contributed by atoms with van der Waals surface area (Å²) in [5.74, 6) is -1.22. The van der Waals surface area contributed by atoms with Crippen molar-refractivity contribution in [3.05, 3.63) is 57.6 Å². The number of nitrogens with zero attached hydrogens (tertiary/aromatic N) is 3. The van der Waals surface area contributed by atoms with Crippen LogP contribution in [0.3, 0.4) is 0 Å². The van der Waals surface area contributed by atoms with Crippen LogP contribution >= 0.6 is 0 Å². The van der Waals surface area contributed by atoms with E-state index < -0.39 is 28.3 Å². The number of hydrogen-bond donors (Lipinski definition) is 1. The number of methoxy groups -OCH3 is 1. The van der Waals surface area contributed by atoms with Crippen LogP contribution in [0.1, 0.15) is 15.9 Å². The minimum absolute atomic E-state index is 0.160. The molecule has 2 aromatic rings. The quantitative estimate of drug-likeness (QED) is 0.567. The molecule has 0 bridgehead atoms. The molecule has 0 unspecified atom stereocenters. The molecule has 1 fully saturated rings. The van der Waals surface area contributed by atoms with Crippen molar-refractivity contribution in [1.82, 2.24) is 4.90 Å². The molecule has 0 aromatic heterocycles. The third kappa shape index (κ3) is 5.05. The average molecular weight is 438 g/mol. The van der Waals surface area contributed by atoms with E-state index in [1.54, 1.807) is 0 Å². The zero-order valence-electron chi connectivity index (χ0n) is 16.9. The van der Waals surface area contributed by atoms with Gasteiger partial charge in [0.2, 0.25) is 0 Å². The maximum absolute atomic E-state index is 13.3. The largest absolute Gasteiger partial charge is 0.496 e. The zero-order chi connectivity index (χ0) is 22.8. The van der Waals surface area contributed by atoms with E-state index in [0.29, 0.717) is 24.8 Å². The molecule has 1 aliphatic heterocycles. The Balaban J connectivity index is 1.94. The van der Waals surface area contributed by atoms with Gasteiger partial charge in [0.1, 0.15) is 5.75 Å². The molecule has 8 nitrogen and oxygen atoms in total. The van der Waals surface area contributed by atoms with Crippen molar-refractivity contribution in [2.75, 3.05) is 50.6 Å². The number of carbonyl (C=O) groups is 1. The third-order valence-corrected chi connectivity index (χ3v) is 5.05. The van der Waals surface area contributed by atoms with Crippen molar-refractivity contribution in [1.29, 1.82) is 0 Å². The Bertz CT molecular complexity index is 989. The zero-order valence-corrected chi connectivity index (χ0v) is 16.9. The molecule has 11 heteroatoms. The number of non-ortho nitro benzene ring substituents is 1. The molecular formula is C20H21F3N4O4. The normalized spacial score (nSPS) is 14.9. The SMILES string of the molecule is COc1ccc(C(=O)Nc2cc([N+](=O)[O-])ccc2N2CCN(C)CC2)cc1C(F)(F)F. The number of amides is 1. The van der Waals surface area contributed by atoms with Gasteiger partial charge in [-0.15, -0.1) is 0 Å². The minimum atomic E-state index is -4.71. The fourth-order valence-corrected chi connectivity index (χ4v) is 3.33. The van der Waals surface area contributed by atoms with Gasteiger partial charge in [-0.05, 0) is 31.3 Å². The number of nitro groups is 1. The lowest BCUT2D eigenvalue weighted by Gasteiger charge is -2.35. The summed E-state index contributed by atoms with van der Waals surface area (Å²) in [7, 11) is 3.08. The number of halogens is 3. The Hall–Kier alpha value is -3.34. The molecule has 3 rings (SSSR count). The molecule has 1 N–H and O–H groups in total. The number of ether oxygens (including phenoxy) is 1. The van der Waals surface area contributed by atoms with Gasteiger partial charge >= 0.3 is 6.18 Å². The van der Waals surface area contributed by atoms with Gasteiger partial charge in [0.15, 0.2) is 0 Å². The number of alkyl halides is 3. The van der Waals surface area contributed by atoms with Crippen LogP contribution in [0.5, 0.6) is 5.75 Å². The second-order valence-corrected chi connectivity index (χ2v) is 7.12. The number of nitro benzene ring substituents is 1. The summed E-state index contributed by atoms with van der Waals surface area (Å²) in [4.78, 5) is 27.4. The molecule has 1 aliphatic rings. The predicted molar refractivity (Wildman–Crippen MR) is 109 cm³/mol. The number of piperazine rings is 1. The van der Waals surface area contributed by atoms with E-state index in [1.807, 2.05) is 11.9 Å². The average Bonchev–Trinajstić information content (AvgIpc) is 2.73. The molecule has 1 saturated heterocycles. The first-order chi connectivity index (χ1) is 14.6. The van der Waals surface area contributed by atoms with E-state index in [2.05, 4.69) is 10.2 Å². The first kappa shape index (κ1) is 22.3. The number of likely N-dealkylation sites (N-methyl/N-ethyl adjacent to an activating group) is 1. The second kappa shape index (κ2) is 8.80. The number of carbonyl (C=O) groups excluding carboxylic acids is 1. The van der Waals surface area contributed by atoms with Crippen LogP contribution in [0.15, 0.2) is 36.4 Å². The predicted octanol–water partition coefficient (Wildman–Crippen LogP) is 3.63. The van der Waals surface area contributed by atoms with Gasteiger partial charge in [0.25, 0.3) is 11.6 Å². The summed E-state index contributed by atoms with van der Waals surface area (Å²) < 4.78 is 44.6. The van der Waals surface area contributed by atoms with Crippen LogP contribution in [0, 0.1) is 10.1 Å². The fraction of sp³-hybridized carbons (Fsp3) is 0.350. The molecule has 0 radical (unpaired) electrons. The highest BCUT2D eigenvalue weighted by molar-refractivity contribution is 6.06. The molecule has 1 amide bonds. The molecule has 2 aromatic carbocycles. The van der Waals surface area contributed by atoms with E-state index in [9.17, 15) is 28.1 Å². The highest BCUT2D eigenvalue weighted by atomic mass is 19.4. The van der Waals surface area contributed by atoms with Gasteiger partial charge in [-0.2, -0.15) is 13.2 Å². The third-order valence-electron chi connectivity index (χ3n) is 5.05. The first-order valence-corrected chi connectivity index (χ1v) is 9.38. The van der Waals surface area contributed by atoms with Gasteiger partial charge in [-0.3, -0.25) is 14.9 Å². The van der Waals surface area contributed by atoms with Crippen molar-refractivity contribution in [3.8, 4) is 5.75 Å². The van der Waals surface area contributed by atoms with Crippen molar-refractivity contribution < 1.29 is 27.6 Å². The van der Waals surface area contributed by atoms with Crippen LogP contribution in [-0.4, -0.2) is 56.1 Å². The Morgan fingerprint density at radius 1 is 1.13 bits per heavy atom. The summed E-state index contributed by atoms with van der Waals surface area (Å²) in [5.41, 5.74) is -0.839. The molecule has 166 valence electrons. The van der Waals surface area contributed by atoms with Gasteiger partial charge in [0, 0.05) is 43.9 Å². The van der Waals surface area contributed by atoms with Gasteiger partial charge < -0.3 is 19.9 Å². The van der Waals surface area contributed by atoms with Crippen LogP contribution in [0.2, 0.25) is 0 Å². The van der Waals surface area contributed by atoms with Crippen molar-refractivity contribution >= 4 is 23.0 Å². The van der Waals surface area contributed by atoms with Crippen molar-refractivity contribution in [2.45, 2.75) is 6.18 Å². The highest BCUT2D eigenvalue weighted by Crippen LogP contribution is 2.37. The molecule has 31 heavy (non-hydrogen) atoms. The fourth-order valence-electron chi connectivity index (χ4n) is 3.33. The Morgan fingerprint density at radius 3 is 2.39 bits per heavy atom. The van der Waals surface area contributed by atoms with Crippen LogP contribution in [-0.2, 0) is 6.18 Å². The standard InChI is InChI=1S/C20H21F3N4O4/c1-25-7-9-26(10-8-25)17-5-4-14(27(29)30)12-16(17)24-19(28)13-3-6-18(31-2)15(11-13)20(21,22)23/h3-6,11-12H,7-10H2,1-2H3,(H,24,28). The molecule has 0 atom stereocenters. The molecule has 0 aliphatic carbocycles. The van der Waals surface area contributed by atoms with E-state index in [1.165, 1.54) is 24.3 Å². The van der Waals surface area contributed by atoms with Crippen LogP contribution in [0.25, 0.3) is 0 Å². The summed E-state index contributed by atoms with van der Waals surface area (Å²) in [6.07, 6.45) is -4.71. The second-order valence-electron chi connectivity index (χ2n) is 7.12. The highest BCUT2D eigenvalue weighted by Gasteiger charge is 2.35. The molecular weight excluding hydrogens is 417 g/mol. The van der Waals surface area contributed by atoms with Gasteiger partial charge in [0.05, 0.1) is 29.0 Å². The molecule has 0 spiro atoms. The summed E-state index contributed by atoms with van der Waals surface area (Å²) in [6.45, 7) is 2.80. The van der Waals surface area contributed by atoms with E-state index in [0.717, 1.165) is 26.3 Å². The summed E-state index contributed by atoms with van der Waals surface area (Å²) in [5, 5.41) is 13.7. The van der Waals surface area contributed by atoms with Crippen LogP contribution < -0.4 is 15.0 Å². The number of anilines is 2. The minimum Gasteiger partial charge on any atom is -0.496 e. The molecule has 0 saturated carbocycles. The smallest absolute Gasteiger partial charge is 0.419 e. The van der Waals surface area contributed by atoms with Crippen molar-refractivity contribution in [3.63, 3.8) is 0 Å². The van der Waals surface area contributed by atoms with Crippen LogP contribution in [0.4, 0.5) is 30.2 Å². The van der Waals surface area contributed by atoms with E-state index in [-0.39, 0.29) is 16.9 Å². The number of nitrogens with one attached hydrogen (secondary N) is 1. The number of benzene rings is 2. The van der Waals surface area contributed by atoms with Gasteiger partial charge in [-0.1, -0.05) is 0 Å². The lowest BCUT2D eigenvalue weighted by molar-refractivity contribution is -0.384. The summed E-state index contributed by atoms with van der Waals surface area (Å²) >= 11 is 0. The van der Waals surface area contributed by atoms with Crippen molar-refractivity contribution in [2.24, 2.45) is 0 Å². The first-order valence-electron chi connectivity index (χ1n) is 9.38. The summed E-state index contributed by atoms with van der Waals surface area (Å²) in [6, 6.07) is 7.04. The maximum Gasteiger partial charge on any atom is 0.419 e. The Kier molecular flexibility index (Phi) is 6.34. The Morgan fingerprint density at radius 2 is 1.81 bits per heavy atom. The molecule has 1 heterocycles. The topological polar surface area (TPSA) is 87.9 Å². The number of hydrogen-bond acceptors (Lipinski definition) is 6. The van der Waals surface area contributed by atoms with E-state index in [4.69, 9.17) is 4.74 Å². The lowest BCUT2D eigenvalue weighted by Crippen LogP contribution is -2.44. The maximum atomic E-state index is 13.3. The van der Waals surface area contributed by atoms with E-state index >= 15 is 0 Å². The Labute approximate surface area is 176 Å². The van der Waals surface area contributed by atoms with Gasteiger partial charge in [-0.25, -0.2) is 0 Å². The lowest BCUT2D eigenvalue weighted by atomic mass is 10.1.